The Hall–Kier alpha value is -0.740. The third-order valence-electron chi connectivity index (χ3n) is 2.94. The molecule has 0 aromatic carbocycles. The molecule has 0 bridgehead atoms. The maximum atomic E-state index is 11.7. The molecule has 25 heavy (non-hydrogen) atoms. The van der Waals surface area contributed by atoms with Crippen molar-refractivity contribution in [1.82, 2.24) is 10.2 Å². The number of carbonyl (C=O) groups is 2. The smallest absolute Gasteiger partial charge is 0.352 e. The average Bonchev–Trinajstić information content (AvgIpc) is 2.92. The van der Waals surface area contributed by atoms with Crippen molar-refractivity contribution in [1.29, 1.82) is 0 Å². The zero-order chi connectivity index (χ0) is 18.7. The largest absolute Gasteiger partial charge is 0.491 e. The molecule has 2 heterocycles. The summed E-state index contributed by atoms with van der Waals surface area (Å²) in [6.45, 7) is -0.418. The van der Waals surface area contributed by atoms with Gasteiger partial charge in [0.1, 0.15) is 6.23 Å². The second-order valence-corrected chi connectivity index (χ2v) is 8.31. The summed E-state index contributed by atoms with van der Waals surface area (Å²) in [5.41, 5.74) is 0. The molecule has 0 saturated carbocycles. The molecule has 0 aromatic rings. The van der Waals surface area contributed by atoms with E-state index < -0.39 is 55.2 Å². The Bertz CT molecular complexity index is 642. The molecule has 2 aliphatic heterocycles. The molecule has 2 unspecified atom stereocenters. The summed E-state index contributed by atoms with van der Waals surface area (Å²) >= 11 is 0. The zero-order valence-corrected chi connectivity index (χ0v) is 15.0. The van der Waals surface area contributed by atoms with Crippen LogP contribution in [0.1, 0.15) is 6.42 Å². The van der Waals surface area contributed by atoms with E-state index in [-0.39, 0.29) is 13.0 Å². The molecule has 0 spiro atoms. The standard InChI is InChI=1S/C9H13N2O11P3/c12-7-3-4-11(9(13)10-7)8-2-1-6(20-8)5-19-24(15,16)22-25(17,18)21-23-14/h1-2,6,8H,3-5H2,(H,15,16)(H,17,18)(H,10,12,13)/t6-,8+/m0/s1. The summed E-state index contributed by atoms with van der Waals surface area (Å²) in [5.74, 6) is -0.408. The van der Waals surface area contributed by atoms with Crippen molar-refractivity contribution in [2.75, 3.05) is 13.2 Å². The fraction of sp³-hybridized carbons (Fsp3) is 0.556. The molecule has 0 aliphatic carbocycles. The first-order chi connectivity index (χ1) is 11.6. The van der Waals surface area contributed by atoms with Gasteiger partial charge in [0, 0.05) is 25.8 Å². The minimum atomic E-state index is -5.04. The van der Waals surface area contributed by atoms with Gasteiger partial charge in [-0.1, -0.05) is 0 Å². The van der Waals surface area contributed by atoms with Gasteiger partial charge in [-0.3, -0.25) is 19.5 Å². The van der Waals surface area contributed by atoms with Crippen LogP contribution in [0.15, 0.2) is 0 Å². The third-order valence-corrected chi connectivity index (χ3v) is 6.16. The number of phosphoric ester groups is 1. The maximum absolute atomic E-state index is 11.7. The fourth-order valence-electron chi connectivity index (χ4n) is 1.96. The molecular formula is C9H13N2O11P3. The number of phosphoric acid groups is 2. The first-order valence-electron chi connectivity index (χ1n) is 6.59. The normalized spacial score (nSPS) is 29.3. The predicted molar refractivity (Wildman–Crippen MR) is 77.5 cm³/mol. The van der Waals surface area contributed by atoms with E-state index in [1.807, 2.05) is 0 Å². The lowest BCUT2D eigenvalue weighted by Crippen LogP contribution is -2.53. The number of hydrogen-bond acceptors (Lipinski definition) is 9. The van der Waals surface area contributed by atoms with Gasteiger partial charge in [-0.15, -0.1) is 0 Å². The summed E-state index contributed by atoms with van der Waals surface area (Å²) in [7, 11) is -11.3. The van der Waals surface area contributed by atoms with Crippen molar-refractivity contribution in [3.63, 3.8) is 0 Å². The van der Waals surface area contributed by atoms with Crippen LogP contribution in [0.2, 0.25) is 0 Å². The molecule has 3 N–H and O–H groups in total. The van der Waals surface area contributed by atoms with Crippen molar-refractivity contribution in [3.05, 3.63) is 12.8 Å². The topological polar surface area (TPSA) is 178 Å². The lowest BCUT2D eigenvalue weighted by atomic mass is 10.2. The van der Waals surface area contributed by atoms with E-state index in [0.29, 0.717) is 0 Å². The van der Waals surface area contributed by atoms with E-state index in [1.54, 1.807) is 0 Å². The van der Waals surface area contributed by atoms with Gasteiger partial charge in [0.15, 0.2) is 0 Å². The molecule has 2 fully saturated rings. The highest BCUT2D eigenvalue weighted by Crippen LogP contribution is 2.61. The minimum absolute atomic E-state index is 0.102. The molecule has 2 aliphatic rings. The number of amides is 3. The Kier molecular flexibility index (Phi) is 6.83. The van der Waals surface area contributed by atoms with Crippen molar-refractivity contribution < 1.29 is 51.0 Å². The number of nitrogens with zero attached hydrogens (tertiary/aromatic N) is 1. The molecule has 4 atom stereocenters. The third kappa shape index (κ3) is 6.18. The molecule has 0 aromatic heterocycles. The van der Waals surface area contributed by atoms with Crippen molar-refractivity contribution in [2.45, 2.75) is 18.8 Å². The molecular weight excluding hydrogens is 405 g/mol. The molecule has 16 heteroatoms. The van der Waals surface area contributed by atoms with E-state index in [9.17, 15) is 28.2 Å². The van der Waals surface area contributed by atoms with Crippen LogP contribution in [0.5, 0.6) is 0 Å². The van der Waals surface area contributed by atoms with Crippen LogP contribution in [0.25, 0.3) is 0 Å². The second kappa shape index (κ2) is 8.30. The highest BCUT2D eigenvalue weighted by atomic mass is 31.3. The molecule has 140 valence electrons. The Balaban J connectivity index is 1.82. The molecule has 2 saturated heterocycles. The van der Waals surface area contributed by atoms with E-state index in [4.69, 9.17) is 9.63 Å². The van der Waals surface area contributed by atoms with Crippen LogP contribution < -0.4 is 5.32 Å². The number of rotatable bonds is 8. The van der Waals surface area contributed by atoms with E-state index >= 15 is 0 Å². The van der Waals surface area contributed by atoms with Crippen molar-refractivity contribution >= 4 is 36.3 Å². The number of nitrogens with one attached hydrogen (secondary N) is 1. The highest BCUT2D eigenvalue weighted by Gasteiger charge is 2.39. The number of ether oxygens (including phenoxy) is 1. The summed E-state index contributed by atoms with van der Waals surface area (Å²) in [6, 6.07) is -0.640. The lowest BCUT2D eigenvalue weighted by molar-refractivity contribution is -0.123. The van der Waals surface area contributed by atoms with Crippen LogP contribution >= 0.6 is 24.3 Å². The monoisotopic (exact) mass is 418 g/mol. The van der Waals surface area contributed by atoms with E-state index in [1.165, 1.54) is 17.7 Å². The van der Waals surface area contributed by atoms with Crippen LogP contribution in [-0.4, -0.2) is 52.1 Å². The van der Waals surface area contributed by atoms with Gasteiger partial charge in [0.2, 0.25) is 5.91 Å². The molecule has 13 nitrogen and oxygen atoms in total. The average molecular weight is 418 g/mol. The second-order valence-electron chi connectivity index (χ2n) is 4.72. The first-order valence-corrected chi connectivity index (χ1v) is 10.3. The van der Waals surface area contributed by atoms with Crippen molar-refractivity contribution in [3.8, 4) is 0 Å². The van der Waals surface area contributed by atoms with Crippen molar-refractivity contribution in [2.24, 2.45) is 0 Å². The Morgan fingerprint density at radius 1 is 1.32 bits per heavy atom. The van der Waals surface area contributed by atoms with Gasteiger partial charge in [-0.25, -0.2) is 18.5 Å². The molecule has 2 rings (SSSR count). The van der Waals surface area contributed by atoms with Gasteiger partial charge >= 0.3 is 30.4 Å². The zero-order valence-electron chi connectivity index (χ0n) is 12.3. The first kappa shape index (κ1) is 20.6. The van der Waals surface area contributed by atoms with Crippen LogP contribution in [0.4, 0.5) is 4.79 Å². The van der Waals surface area contributed by atoms with Crippen LogP contribution in [0, 0.1) is 12.8 Å². The van der Waals surface area contributed by atoms with Crippen LogP contribution in [-0.2, 0) is 36.4 Å². The number of hydrogen-bond donors (Lipinski definition) is 3. The summed E-state index contributed by atoms with van der Waals surface area (Å²) in [4.78, 5) is 42.3. The lowest BCUT2D eigenvalue weighted by Gasteiger charge is -2.31. The van der Waals surface area contributed by atoms with Gasteiger partial charge in [0.25, 0.3) is 0 Å². The summed E-state index contributed by atoms with van der Waals surface area (Å²) in [5, 5.41) is 2.11. The minimum Gasteiger partial charge on any atom is -0.352 e. The Labute approximate surface area is 143 Å². The number of imide groups is 1. The molecule has 3 amide bonds. The van der Waals surface area contributed by atoms with Gasteiger partial charge in [-0.05, 0) is 0 Å². The summed E-state index contributed by atoms with van der Waals surface area (Å²) in [6.07, 6.45) is 1.33. The quantitative estimate of drug-likeness (QED) is 0.468. The maximum Gasteiger partial charge on any atom is 0.491 e. The fourth-order valence-corrected chi connectivity index (χ4v) is 4.25. The number of carbonyl (C=O) groups excluding carboxylic acids is 2. The van der Waals surface area contributed by atoms with Crippen LogP contribution in [0.3, 0.4) is 0 Å². The predicted octanol–water partition coefficient (Wildman–Crippen LogP) is 0.519. The van der Waals surface area contributed by atoms with E-state index in [2.05, 4.69) is 18.5 Å². The Morgan fingerprint density at radius 2 is 2.04 bits per heavy atom. The molecule has 2 radical (unpaired) electrons. The van der Waals surface area contributed by atoms with E-state index in [0.717, 1.165) is 0 Å². The van der Waals surface area contributed by atoms with Gasteiger partial charge in [0.05, 0.1) is 12.7 Å². The van der Waals surface area contributed by atoms with Gasteiger partial charge < -0.3 is 14.5 Å². The SMILES string of the molecule is O=POP(=O)(O)OP(=O)(O)OC[C@@H]1[CH][CH][C@H](N2CCC(=O)NC2=O)O1. The number of urea groups is 1. The summed E-state index contributed by atoms with van der Waals surface area (Å²) < 4.78 is 50.2. The Morgan fingerprint density at radius 3 is 2.68 bits per heavy atom. The van der Waals surface area contributed by atoms with Gasteiger partial charge in [-0.2, -0.15) is 8.62 Å². The highest BCUT2D eigenvalue weighted by molar-refractivity contribution is 7.63.